The van der Waals surface area contributed by atoms with Crippen molar-refractivity contribution in [3.63, 3.8) is 0 Å². The highest BCUT2D eigenvalue weighted by Gasteiger charge is 2.19. The van der Waals surface area contributed by atoms with Crippen LogP contribution in [0.1, 0.15) is 17.3 Å². The molecule has 1 heterocycles. The number of benzene rings is 1. The van der Waals surface area contributed by atoms with Crippen molar-refractivity contribution in [3.8, 4) is 5.75 Å². The molecular formula is C14H19N3OS. The topological polar surface area (TPSA) is 51.4 Å². The Morgan fingerprint density at radius 2 is 2.21 bits per heavy atom. The van der Waals surface area contributed by atoms with Crippen LogP contribution >= 0.6 is 11.3 Å². The first kappa shape index (κ1) is 14.0. The molecule has 0 radical (unpaired) electrons. The van der Waals surface area contributed by atoms with Gasteiger partial charge in [0.2, 0.25) is 0 Å². The fourth-order valence-corrected chi connectivity index (χ4v) is 2.72. The Balaban J connectivity index is 2.18. The molecule has 0 saturated carbocycles. The molecule has 4 nitrogen and oxygen atoms in total. The van der Waals surface area contributed by atoms with E-state index in [0.29, 0.717) is 6.54 Å². The van der Waals surface area contributed by atoms with Crippen LogP contribution in [0.5, 0.6) is 5.75 Å². The van der Waals surface area contributed by atoms with E-state index in [1.165, 1.54) is 0 Å². The van der Waals surface area contributed by atoms with Crippen LogP contribution in [-0.2, 0) is 6.54 Å². The summed E-state index contributed by atoms with van der Waals surface area (Å²) in [7, 11) is 3.75. The molecule has 1 atom stereocenters. The van der Waals surface area contributed by atoms with E-state index in [-0.39, 0.29) is 6.04 Å². The molecule has 5 heteroatoms. The molecule has 0 aliphatic rings. The van der Waals surface area contributed by atoms with Crippen molar-refractivity contribution in [2.75, 3.05) is 20.7 Å². The van der Waals surface area contributed by atoms with Crippen LogP contribution < -0.4 is 10.5 Å². The number of hydrogen-bond donors (Lipinski definition) is 1. The summed E-state index contributed by atoms with van der Waals surface area (Å²) >= 11 is 1.61. The van der Waals surface area contributed by atoms with Gasteiger partial charge >= 0.3 is 0 Å². The molecule has 2 N–H and O–H groups in total. The third-order valence-electron chi connectivity index (χ3n) is 3.15. The van der Waals surface area contributed by atoms with E-state index in [9.17, 15) is 0 Å². The lowest BCUT2D eigenvalue weighted by molar-refractivity contribution is 0.234. The minimum atomic E-state index is 0.123. The Morgan fingerprint density at radius 3 is 2.84 bits per heavy atom. The molecule has 1 aromatic carbocycles. The van der Waals surface area contributed by atoms with Crippen molar-refractivity contribution >= 4 is 11.3 Å². The number of nitrogens with two attached hydrogens (primary N) is 1. The van der Waals surface area contributed by atoms with Crippen LogP contribution in [0, 0.1) is 0 Å². The molecule has 2 aromatic rings. The summed E-state index contributed by atoms with van der Waals surface area (Å²) < 4.78 is 5.42. The van der Waals surface area contributed by atoms with E-state index in [0.717, 1.165) is 23.6 Å². The van der Waals surface area contributed by atoms with Crippen LogP contribution in [0.15, 0.2) is 35.2 Å². The first-order valence-corrected chi connectivity index (χ1v) is 7.10. The fourth-order valence-electron chi connectivity index (χ4n) is 2.17. The van der Waals surface area contributed by atoms with E-state index in [4.69, 9.17) is 10.5 Å². The summed E-state index contributed by atoms with van der Waals surface area (Å²) in [4.78, 5) is 6.52. The molecule has 0 bridgehead atoms. The van der Waals surface area contributed by atoms with Crippen LogP contribution in [0.3, 0.4) is 0 Å². The monoisotopic (exact) mass is 277 g/mol. The lowest BCUT2D eigenvalue weighted by Crippen LogP contribution is -2.30. The van der Waals surface area contributed by atoms with Crippen molar-refractivity contribution in [2.45, 2.75) is 12.6 Å². The number of methoxy groups -OCH3 is 1. The summed E-state index contributed by atoms with van der Waals surface area (Å²) in [6.45, 7) is 1.32. The smallest absolute Gasteiger partial charge is 0.123 e. The lowest BCUT2D eigenvalue weighted by Gasteiger charge is -2.27. The minimum absolute atomic E-state index is 0.123. The Hall–Kier alpha value is -1.43. The molecule has 0 fully saturated rings. The number of likely N-dealkylation sites (N-methyl/N-ethyl adjacent to an activating group) is 1. The number of nitrogens with zero attached hydrogens (tertiary/aromatic N) is 2. The second kappa shape index (κ2) is 6.65. The standard InChI is InChI=1S/C14H19N3OS/c1-17(8-11-9-19-10-16-11)13(7-15)12-5-3-4-6-14(12)18-2/h3-6,9-10,13H,7-8,15H2,1-2H3. The summed E-state index contributed by atoms with van der Waals surface area (Å²) in [6, 6.07) is 8.13. The van der Waals surface area contributed by atoms with Crippen LogP contribution in [0.2, 0.25) is 0 Å². The van der Waals surface area contributed by atoms with E-state index in [1.807, 2.05) is 23.7 Å². The summed E-state index contributed by atoms with van der Waals surface area (Å²) in [5.74, 6) is 0.878. The molecular weight excluding hydrogens is 258 g/mol. The first-order chi connectivity index (χ1) is 9.26. The average Bonchev–Trinajstić information content (AvgIpc) is 2.93. The highest BCUT2D eigenvalue weighted by Crippen LogP contribution is 2.28. The van der Waals surface area contributed by atoms with E-state index < -0.39 is 0 Å². The van der Waals surface area contributed by atoms with Gasteiger partial charge in [0.15, 0.2) is 0 Å². The maximum absolute atomic E-state index is 5.94. The Morgan fingerprint density at radius 1 is 1.42 bits per heavy atom. The number of para-hydroxylation sites is 1. The van der Waals surface area contributed by atoms with Crippen molar-refractivity contribution in [2.24, 2.45) is 5.73 Å². The molecule has 0 saturated heterocycles. The van der Waals surface area contributed by atoms with Crippen LogP contribution in [-0.4, -0.2) is 30.6 Å². The zero-order valence-corrected chi connectivity index (χ0v) is 12.1. The van der Waals surface area contributed by atoms with E-state index >= 15 is 0 Å². The van der Waals surface area contributed by atoms with Gasteiger partial charge < -0.3 is 10.5 Å². The van der Waals surface area contributed by atoms with Crippen molar-refractivity contribution in [3.05, 3.63) is 46.4 Å². The quantitative estimate of drug-likeness (QED) is 0.880. The molecule has 1 unspecified atom stereocenters. The Labute approximate surface area is 117 Å². The van der Waals surface area contributed by atoms with Crippen molar-refractivity contribution in [1.82, 2.24) is 9.88 Å². The normalized spacial score (nSPS) is 12.6. The second-order valence-electron chi connectivity index (χ2n) is 4.39. The van der Waals surface area contributed by atoms with Gasteiger partial charge in [-0.15, -0.1) is 11.3 Å². The summed E-state index contributed by atoms with van der Waals surface area (Å²) in [5, 5.41) is 2.06. The lowest BCUT2D eigenvalue weighted by atomic mass is 10.0. The van der Waals surface area contributed by atoms with Gasteiger partial charge in [0.1, 0.15) is 5.75 Å². The highest BCUT2D eigenvalue weighted by atomic mass is 32.1. The largest absolute Gasteiger partial charge is 0.496 e. The predicted molar refractivity (Wildman–Crippen MR) is 78.4 cm³/mol. The molecule has 0 aliphatic carbocycles. The van der Waals surface area contributed by atoms with Gasteiger partial charge in [0, 0.05) is 24.0 Å². The van der Waals surface area contributed by atoms with Gasteiger partial charge in [-0.3, -0.25) is 4.90 Å². The third kappa shape index (κ3) is 3.32. The van der Waals surface area contributed by atoms with Gasteiger partial charge in [-0.1, -0.05) is 18.2 Å². The second-order valence-corrected chi connectivity index (χ2v) is 5.11. The fraction of sp³-hybridized carbons (Fsp3) is 0.357. The Kier molecular flexibility index (Phi) is 4.90. The van der Waals surface area contributed by atoms with Gasteiger partial charge in [0.05, 0.1) is 24.4 Å². The molecule has 0 spiro atoms. The molecule has 2 rings (SSSR count). The van der Waals surface area contributed by atoms with Gasteiger partial charge in [-0.2, -0.15) is 0 Å². The van der Waals surface area contributed by atoms with E-state index in [2.05, 4.69) is 28.4 Å². The van der Waals surface area contributed by atoms with Crippen LogP contribution in [0.25, 0.3) is 0 Å². The number of rotatable bonds is 6. The zero-order chi connectivity index (χ0) is 13.7. The number of hydrogen-bond acceptors (Lipinski definition) is 5. The molecule has 0 amide bonds. The average molecular weight is 277 g/mol. The van der Waals surface area contributed by atoms with Gasteiger partial charge in [-0.05, 0) is 13.1 Å². The van der Waals surface area contributed by atoms with Crippen molar-refractivity contribution in [1.29, 1.82) is 0 Å². The van der Waals surface area contributed by atoms with Crippen LogP contribution in [0.4, 0.5) is 0 Å². The maximum Gasteiger partial charge on any atom is 0.123 e. The van der Waals surface area contributed by atoms with Gasteiger partial charge in [0.25, 0.3) is 0 Å². The maximum atomic E-state index is 5.94. The number of aromatic nitrogens is 1. The molecule has 19 heavy (non-hydrogen) atoms. The molecule has 102 valence electrons. The number of thiazole rings is 1. The Bertz CT molecular complexity index is 501. The minimum Gasteiger partial charge on any atom is -0.496 e. The number of ether oxygens (including phenoxy) is 1. The third-order valence-corrected chi connectivity index (χ3v) is 3.78. The zero-order valence-electron chi connectivity index (χ0n) is 11.2. The van der Waals surface area contributed by atoms with Gasteiger partial charge in [-0.25, -0.2) is 4.98 Å². The summed E-state index contributed by atoms with van der Waals surface area (Å²) in [5.41, 5.74) is 9.98. The predicted octanol–water partition coefficient (Wildman–Crippen LogP) is 2.28. The van der Waals surface area contributed by atoms with E-state index in [1.54, 1.807) is 18.4 Å². The highest BCUT2D eigenvalue weighted by molar-refractivity contribution is 7.07. The SMILES string of the molecule is COc1ccccc1C(CN)N(C)Cc1cscn1. The summed E-state index contributed by atoms with van der Waals surface area (Å²) in [6.07, 6.45) is 0. The molecule has 1 aromatic heterocycles. The van der Waals surface area contributed by atoms with Crippen molar-refractivity contribution < 1.29 is 4.74 Å². The first-order valence-electron chi connectivity index (χ1n) is 6.16. The molecule has 0 aliphatic heterocycles.